The first-order valence-electron chi connectivity index (χ1n) is 9.28. The van der Waals surface area contributed by atoms with Crippen molar-refractivity contribution < 1.29 is 0 Å². The van der Waals surface area contributed by atoms with Gasteiger partial charge in [-0.15, -0.1) is 0 Å². The second-order valence-electron chi connectivity index (χ2n) is 7.32. The molecule has 0 aliphatic heterocycles. The fourth-order valence-electron chi connectivity index (χ4n) is 4.04. The van der Waals surface area contributed by atoms with Crippen LogP contribution in [-0.4, -0.2) is 9.97 Å². The van der Waals surface area contributed by atoms with Gasteiger partial charge in [-0.3, -0.25) is 4.98 Å². The summed E-state index contributed by atoms with van der Waals surface area (Å²) >= 11 is 0. The Kier molecular flexibility index (Phi) is 3.48. The summed E-state index contributed by atoms with van der Waals surface area (Å²) in [6.45, 7) is 6.47. The minimum Gasteiger partial charge on any atom is -0.252 e. The van der Waals surface area contributed by atoms with Crippen molar-refractivity contribution in [1.82, 2.24) is 9.97 Å². The van der Waals surface area contributed by atoms with Gasteiger partial charge >= 0.3 is 0 Å². The van der Waals surface area contributed by atoms with Crippen molar-refractivity contribution in [3.05, 3.63) is 83.6 Å². The van der Waals surface area contributed by atoms with Gasteiger partial charge in [0.15, 0.2) is 0 Å². The molecular weight excluding hydrogens is 328 g/mol. The van der Waals surface area contributed by atoms with E-state index in [0.29, 0.717) is 0 Å². The Labute approximate surface area is 158 Å². The van der Waals surface area contributed by atoms with Crippen LogP contribution in [0.25, 0.3) is 43.8 Å². The highest BCUT2D eigenvalue weighted by Crippen LogP contribution is 2.37. The van der Waals surface area contributed by atoms with Crippen molar-refractivity contribution in [2.75, 3.05) is 0 Å². The lowest BCUT2D eigenvalue weighted by Gasteiger charge is -2.14. The standard InChI is InChI=1S/C25H20N2/c1-15-9-12-19-20(13-15)24-25(23-17(3)11-10-16(2)22(19)23)26-14-21(27-24)18-7-5-4-6-8-18/h4-14H,1-3H3. The van der Waals surface area contributed by atoms with E-state index >= 15 is 0 Å². The van der Waals surface area contributed by atoms with Gasteiger partial charge in [-0.2, -0.15) is 0 Å². The molecule has 0 atom stereocenters. The molecule has 1 heterocycles. The highest BCUT2D eigenvalue weighted by Gasteiger charge is 2.15. The fourth-order valence-corrected chi connectivity index (χ4v) is 4.04. The van der Waals surface area contributed by atoms with E-state index in [-0.39, 0.29) is 0 Å². The van der Waals surface area contributed by atoms with Gasteiger partial charge in [0.2, 0.25) is 0 Å². The first-order chi connectivity index (χ1) is 13.1. The Morgan fingerprint density at radius 1 is 0.667 bits per heavy atom. The molecule has 5 rings (SSSR count). The van der Waals surface area contributed by atoms with Crippen molar-refractivity contribution in [3.8, 4) is 11.3 Å². The second-order valence-corrected chi connectivity index (χ2v) is 7.32. The van der Waals surface area contributed by atoms with Crippen molar-refractivity contribution in [2.45, 2.75) is 20.8 Å². The highest BCUT2D eigenvalue weighted by atomic mass is 14.8. The first kappa shape index (κ1) is 16.0. The Hall–Kier alpha value is -3.26. The molecule has 0 saturated carbocycles. The molecule has 2 nitrogen and oxygen atoms in total. The molecule has 0 aliphatic rings. The summed E-state index contributed by atoms with van der Waals surface area (Å²) in [6, 6.07) is 21.3. The van der Waals surface area contributed by atoms with Crippen LogP contribution in [0, 0.1) is 20.8 Å². The minimum absolute atomic E-state index is 0.913. The predicted octanol–water partition coefficient (Wildman–Crippen LogP) is 6.53. The maximum Gasteiger partial charge on any atom is 0.0979 e. The van der Waals surface area contributed by atoms with E-state index in [1.165, 1.54) is 38.2 Å². The summed E-state index contributed by atoms with van der Waals surface area (Å²) in [5.74, 6) is 0. The smallest absolute Gasteiger partial charge is 0.0979 e. The first-order valence-corrected chi connectivity index (χ1v) is 9.28. The monoisotopic (exact) mass is 348 g/mol. The lowest BCUT2D eigenvalue weighted by atomic mass is 9.92. The van der Waals surface area contributed by atoms with Gasteiger partial charge in [-0.1, -0.05) is 60.2 Å². The normalized spacial score (nSPS) is 11.5. The van der Waals surface area contributed by atoms with Crippen LogP contribution in [0.3, 0.4) is 0 Å². The average Bonchev–Trinajstić information content (AvgIpc) is 2.70. The molecule has 0 saturated heterocycles. The van der Waals surface area contributed by atoms with Crippen LogP contribution in [0.1, 0.15) is 16.7 Å². The third-order valence-electron chi connectivity index (χ3n) is 5.40. The number of rotatable bonds is 1. The van der Waals surface area contributed by atoms with E-state index in [2.05, 4.69) is 63.2 Å². The molecular formula is C25H20N2. The molecule has 2 heteroatoms. The number of nitrogens with zero attached hydrogens (tertiary/aromatic N) is 2. The molecule has 4 aromatic carbocycles. The Morgan fingerprint density at radius 2 is 1.41 bits per heavy atom. The van der Waals surface area contributed by atoms with Gasteiger partial charge in [0.05, 0.1) is 22.9 Å². The zero-order chi connectivity index (χ0) is 18.5. The van der Waals surface area contributed by atoms with Gasteiger partial charge in [0, 0.05) is 16.3 Å². The molecule has 0 fully saturated rings. The third kappa shape index (κ3) is 2.41. The number of benzene rings is 4. The lowest BCUT2D eigenvalue weighted by molar-refractivity contribution is 1.30. The van der Waals surface area contributed by atoms with Crippen LogP contribution in [-0.2, 0) is 0 Å². The summed E-state index contributed by atoms with van der Waals surface area (Å²) in [7, 11) is 0. The largest absolute Gasteiger partial charge is 0.252 e. The summed E-state index contributed by atoms with van der Waals surface area (Å²) in [5, 5.41) is 4.94. The van der Waals surface area contributed by atoms with Crippen LogP contribution >= 0.6 is 0 Å². The fraction of sp³-hybridized carbons (Fsp3) is 0.120. The third-order valence-corrected chi connectivity index (χ3v) is 5.40. The average molecular weight is 348 g/mol. The topological polar surface area (TPSA) is 25.8 Å². The Bertz CT molecular complexity index is 1330. The minimum atomic E-state index is 0.913. The van der Waals surface area contributed by atoms with Crippen LogP contribution in [0.5, 0.6) is 0 Å². The quantitative estimate of drug-likeness (QED) is 0.322. The van der Waals surface area contributed by atoms with Gasteiger partial charge in [0.1, 0.15) is 0 Å². The van der Waals surface area contributed by atoms with Crippen LogP contribution in [0.2, 0.25) is 0 Å². The van der Waals surface area contributed by atoms with E-state index < -0.39 is 0 Å². The van der Waals surface area contributed by atoms with Crippen molar-refractivity contribution in [2.24, 2.45) is 0 Å². The van der Waals surface area contributed by atoms with E-state index in [9.17, 15) is 0 Å². The molecule has 0 amide bonds. The van der Waals surface area contributed by atoms with Crippen molar-refractivity contribution in [3.63, 3.8) is 0 Å². The Morgan fingerprint density at radius 3 is 2.19 bits per heavy atom. The van der Waals surface area contributed by atoms with Crippen LogP contribution < -0.4 is 0 Å². The molecule has 0 aliphatic carbocycles. The van der Waals surface area contributed by atoms with E-state index in [1.807, 2.05) is 24.4 Å². The zero-order valence-corrected chi connectivity index (χ0v) is 15.7. The van der Waals surface area contributed by atoms with E-state index in [1.54, 1.807) is 0 Å². The molecule has 0 spiro atoms. The summed E-state index contributed by atoms with van der Waals surface area (Å²) < 4.78 is 0. The number of hydrogen-bond donors (Lipinski definition) is 0. The van der Waals surface area contributed by atoms with Gasteiger partial charge < -0.3 is 0 Å². The molecule has 130 valence electrons. The molecule has 0 radical (unpaired) electrons. The maximum absolute atomic E-state index is 5.07. The summed E-state index contributed by atoms with van der Waals surface area (Å²) in [6.07, 6.45) is 1.90. The molecule has 1 aromatic heterocycles. The number of aromatic nitrogens is 2. The van der Waals surface area contributed by atoms with Gasteiger partial charge in [-0.05, 0) is 48.7 Å². The van der Waals surface area contributed by atoms with Crippen molar-refractivity contribution >= 4 is 32.6 Å². The highest BCUT2D eigenvalue weighted by molar-refractivity contribution is 6.24. The molecule has 0 bridgehead atoms. The second kappa shape index (κ2) is 5.88. The summed E-state index contributed by atoms with van der Waals surface area (Å²) in [5.41, 5.74) is 7.73. The Balaban J connectivity index is 2.02. The van der Waals surface area contributed by atoms with E-state index in [4.69, 9.17) is 9.97 Å². The lowest BCUT2D eigenvalue weighted by Crippen LogP contribution is -1.95. The molecule has 27 heavy (non-hydrogen) atoms. The van der Waals surface area contributed by atoms with E-state index in [0.717, 1.165) is 22.3 Å². The predicted molar refractivity (Wildman–Crippen MR) is 114 cm³/mol. The number of aryl methyl sites for hydroxylation is 3. The van der Waals surface area contributed by atoms with Gasteiger partial charge in [0.25, 0.3) is 0 Å². The van der Waals surface area contributed by atoms with Crippen LogP contribution in [0.4, 0.5) is 0 Å². The summed E-state index contributed by atoms with van der Waals surface area (Å²) in [4.78, 5) is 9.98. The van der Waals surface area contributed by atoms with Crippen molar-refractivity contribution in [1.29, 1.82) is 0 Å². The molecule has 5 aromatic rings. The van der Waals surface area contributed by atoms with Gasteiger partial charge in [-0.25, -0.2) is 4.98 Å². The molecule has 0 unspecified atom stereocenters. The SMILES string of the molecule is Cc1ccc2c(c1)c1nc(-c3ccccc3)cnc1c1c(C)ccc(C)c21. The number of hydrogen-bond acceptors (Lipinski definition) is 2. The maximum atomic E-state index is 5.07. The number of fused-ring (bicyclic) bond motifs is 6. The zero-order valence-electron chi connectivity index (χ0n) is 15.7. The molecule has 0 N–H and O–H groups in total. The van der Waals surface area contributed by atoms with Crippen LogP contribution in [0.15, 0.2) is 66.9 Å².